The second kappa shape index (κ2) is 6.40. The van der Waals surface area contributed by atoms with E-state index in [1.54, 1.807) is 0 Å². The van der Waals surface area contributed by atoms with Crippen molar-refractivity contribution in [2.24, 2.45) is 0 Å². The molecule has 1 aromatic rings. The standard InChI is InChI=1S/C14H22N2O2/c1-5-18-12-8-6-11(7-9-12)16-13(17)10-15-14(2,3)4/h6-9,15H,5,10H2,1-4H3,(H,16,17). The molecule has 0 saturated carbocycles. The number of benzene rings is 1. The number of ether oxygens (including phenoxy) is 1. The number of hydrogen-bond acceptors (Lipinski definition) is 3. The summed E-state index contributed by atoms with van der Waals surface area (Å²) in [6, 6.07) is 7.35. The van der Waals surface area contributed by atoms with Gasteiger partial charge in [-0.25, -0.2) is 0 Å². The summed E-state index contributed by atoms with van der Waals surface area (Å²) in [5, 5.41) is 5.96. The average molecular weight is 250 g/mol. The minimum Gasteiger partial charge on any atom is -0.494 e. The van der Waals surface area contributed by atoms with Crippen molar-refractivity contribution in [3.8, 4) is 5.75 Å². The van der Waals surface area contributed by atoms with Crippen molar-refractivity contribution >= 4 is 11.6 Å². The van der Waals surface area contributed by atoms with Crippen LogP contribution < -0.4 is 15.4 Å². The Bertz CT molecular complexity index is 380. The van der Waals surface area contributed by atoms with Gasteiger partial charge in [0.25, 0.3) is 0 Å². The van der Waals surface area contributed by atoms with Gasteiger partial charge in [-0.1, -0.05) is 0 Å². The number of carbonyl (C=O) groups excluding carboxylic acids is 1. The maximum Gasteiger partial charge on any atom is 0.238 e. The predicted octanol–water partition coefficient (Wildman–Crippen LogP) is 2.41. The Kier molecular flexibility index (Phi) is 5.16. The molecule has 0 radical (unpaired) electrons. The molecule has 18 heavy (non-hydrogen) atoms. The lowest BCUT2D eigenvalue weighted by atomic mass is 10.1. The molecule has 1 aromatic carbocycles. The van der Waals surface area contributed by atoms with E-state index in [9.17, 15) is 4.79 Å². The van der Waals surface area contributed by atoms with E-state index >= 15 is 0 Å². The van der Waals surface area contributed by atoms with E-state index in [1.807, 2.05) is 52.0 Å². The van der Waals surface area contributed by atoms with Gasteiger partial charge in [-0.15, -0.1) is 0 Å². The van der Waals surface area contributed by atoms with Crippen LogP contribution in [0.15, 0.2) is 24.3 Å². The molecule has 0 fully saturated rings. The van der Waals surface area contributed by atoms with Crippen molar-refractivity contribution < 1.29 is 9.53 Å². The highest BCUT2D eigenvalue weighted by Crippen LogP contribution is 2.15. The third-order valence-corrected chi connectivity index (χ3v) is 2.23. The average Bonchev–Trinajstić information content (AvgIpc) is 2.29. The summed E-state index contributed by atoms with van der Waals surface area (Å²) in [5.74, 6) is 0.761. The normalized spacial score (nSPS) is 11.1. The zero-order chi connectivity index (χ0) is 13.6. The first-order chi connectivity index (χ1) is 8.40. The van der Waals surface area contributed by atoms with E-state index in [2.05, 4.69) is 10.6 Å². The number of carbonyl (C=O) groups is 1. The maximum absolute atomic E-state index is 11.7. The summed E-state index contributed by atoms with van der Waals surface area (Å²) in [5.41, 5.74) is 0.718. The number of amides is 1. The van der Waals surface area contributed by atoms with Gasteiger partial charge < -0.3 is 15.4 Å². The summed E-state index contributed by atoms with van der Waals surface area (Å²) in [4.78, 5) is 11.7. The van der Waals surface area contributed by atoms with E-state index in [0.29, 0.717) is 13.2 Å². The highest BCUT2D eigenvalue weighted by Gasteiger charge is 2.11. The molecule has 0 aromatic heterocycles. The fourth-order valence-electron chi connectivity index (χ4n) is 1.35. The summed E-state index contributed by atoms with van der Waals surface area (Å²) in [6.45, 7) is 8.96. The van der Waals surface area contributed by atoms with Crippen LogP contribution >= 0.6 is 0 Å². The van der Waals surface area contributed by atoms with Crippen LogP contribution in [0.3, 0.4) is 0 Å². The molecule has 0 unspecified atom stereocenters. The van der Waals surface area contributed by atoms with Gasteiger partial charge in [-0.3, -0.25) is 4.79 Å². The van der Waals surface area contributed by atoms with Gasteiger partial charge in [0, 0.05) is 11.2 Å². The molecule has 0 bridgehead atoms. The first kappa shape index (κ1) is 14.5. The fraction of sp³-hybridized carbons (Fsp3) is 0.500. The maximum atomic E-state index is 11.7. The molecular weight excluding hydrogens is 228 g/mol. The van der Waals surface area contributed by atoms with Gasteiger partial charge in [-0.2, -0.15) is 0 Å². The Labute approximate surface area is 109 Å². The van der Waals surface area contributed by atoms with Gasteiger partial charge in [0.15, 0.2) is 0 Å². The van der Waals surface area contributed by atoms with Crippen LogP contribution in [0.1, 0.15) is 27.7 Å². The molecule has 4 heteroatoms. The minimum absolute atomic E-state index is 0.0471. The number of hydrogen-bond donors (Lipinski definition) is 2. The van der Waals surface area contributed by atoms with Crippen molar-refractivity contribution in [1.29, 1.82) is 0 Å². The molecule has 0 spiro atoms. The number of rotatable bonds is 5. The minimum atomic E-state index is -0.0594. The smallest absolute Gasteiger partial charge is 0.238 e. The molecule has 0 aliphatic carbocycles. The molecule has 1 rings (SSSR count). The van der Waals surface area contributed by atoms with Crippen LogP contribution in [0.4, 0.5) is 5.69 Å². The molecule has 0 atom stereocenters. The summed E-state index contributed by atoms with van der Waals surface area (Å²) in [7, 11) is 0. The van der Waals surface area contributed by atoms with E-state index in [4.69, 9.17) is 4.74 Å². The van der Waals surface area contributed by atoms with E-state index in [1.165, 1.54) is 0 Å². The van der Waals surface area contributed by atoms with Crippen molar-refractivity contribution in [3.05, 3.63) is 24.3 Å². The Morgan fingerprint density at radius 3 is 2.33 bits per heavy atom. The summed E-state index contributed by atoms with van der Waals surface area (Å²) in [6.07, 6.45) is 0. The first-order valence-corrected chi connectivity index (χ1v) is 6.18. The van der Waals surface area contributed by atoms with Gasteiger partial charge in [0.05, 0.1) is 13.2 Å². The highest BCUT2D eigenvalue weighted by atomic mass is 16.5. The highest BCUT2D eigenvalue weighted by molar-refractivity contribution is 5.92. The zero-order valence-electron chi connectivity index (χ0n) is 11.5. The number of anilines is 1. The second-order valence-electron chi connectivity index (χ2n) is 5.11. The fourth-order valence-corrected chi connectivity index (χ4v) is 1.35. The lowest BCUT2D eigenvalue weighted by Crippen LogP contribution is -2.41. The third kappa shape index (κ3) is 5.68. The van der Waals surface area contributed by atoms with Gasteiger partial charge in [0.1, 0.15) is 5.75 Å². The van der Waals surface area contributed by atoms with E-state index in [-0.39, 0.29) is 11.4 Å². The summed E-state index contributed by atoms with van der Waals surface area (Å²) >= 11 is 0. The van der Waals surface area contributed by atoms with Crippen LogP contribution in [-0.4, -0.2) is 24.6 Å². The van der Waals surface area contributed by atoms with Crippen molar-refractivity contribution in [1.82, 2.24) is 5.32 Å². The largest absolute Gasteiger partial charge is 0.494 e. The quantitative estimate of drug-likeness (QED) is 0.843. The summed E-state index contributed by atoms with van der Waals surface area (Å²) < 4.78 is 5.33. The van der Waals surface area contributed by atoms with Crippen LogP contribution in [0.5, 0.6) is 5.75 Å². The van der Waals surface area contributed by atoms with E-state index in [0.717, 1.165) is 11.4 Å². The number of nitrogens with one attached hydrogen (secondary N) is 2. The lowest BCUT2D eigenvalue weighted by molar-refractivity contribution is -0.115. The molecule has 0 aliphatic rings. The monoisotopic (exact) mass is 250 g/mol. The third-order valence-electron chi connectivity index (χ3n) is 2.23. The van der Waals surface area contributed by atoms with Crippen LogP contribution in [0.2, 0.25) is 0 Å². The Balaban J connectivity index is 2.44. The van der Waals surface area contributed by atoms with Crippen LogP contribution in [0.25, 0.3) is 0 Å². The van der Waals surface area contributed by atoms with Gasteiger partial charge in [0.2, 0.25) is 5.91 Å². The Morgan fingerprint density at radius 2 is 1.83 bits per heavy atom. The topological polar surface area (TPSA) is 50.4 Å². The first-order valence-electron chi connectivity index (χ1n) is 6.18. The van der Waals surface area contributed by atoms with Crippen LogP contribution in [0, 0.1) is 0 Å². The second-order valence-corrected chi connectivity index (χ2v) is 5.11. The molecular formula is C14H22N2O2. The van der Waals surface area contributed by atoms with Crippen molar-refractivity contribution in [3.63, 3.8) is 0 Å². The molecule has 100 valence electrons. The Morgan fingerprint density at radius 1 is 1.22 bits per heavy atom. The zero-order valence-corrected chi connectivity index (χ0v) is 11.5. The molecule has 0 heterocycles. The lowest BCUT2D eigenvalue weighted by Gasteiger charge is -2.20. The van der Waals surface area contributed by atoms with Gasteiger partial charge in [-0.05, 0) is 52.0 Å². The molecule has 2 N–H and O–H groups in total. The molecule has 0 saturated heterocycles. The molecule has 1 amide bonds. The predicted molar refractivity (Wildman–Crippen MR) is 74.0 cm³/mol. The molecule has 0 aliphatic heterocycles. The van der Waals surface area contributed by atoms with Gasteiger partial charge >= 0.3 is 0 Å². The van der Waals surface area contributed by atoms with Crippen LogP contribution in [-0.2, 0) is 4.79 Å². The van der Waals surface area contributed by atoms with E-state index < -0.39 is 0 Å². The van der Waals surface area contributed by atoms with Crippen molar-refractivity contribution in [2.75, 3.05) is 18.5 Å². The SMILES string of the molecule is CCOc1ccc(NC(=O)CNC(C)(C)C)cc1. The Hall–Kier alpha value is -1.55. The van der Waals surface area contributed by atoms with Crippen molar-refractivity contribution in [2.45, 2.75) is 33.2 Å². The molecule has 4 nitrogen and oxygen atoms in total.